The molecule has 0 amide bonds. The molecule has 1 aromatic carbocycles. The largest absolute Gasteiger partial charge is 0.466 e. The molecule has 1 aliphatic rings. The van der Waals surface area contributed by atoms with Gasteiger partial charge in [-0.3, -0.25) is 9.69 Å². The average Bonchev–Trinajstić information content (AvgIpc) is 2.98. The molecule has 1 saturated heterocycles. The number of carbonyl (C=O) groups excluding carboxylic acids is 1. The number of rotatable bonds is 5. The topological polar surface area (TPSA) is 29.5 Å². The van der Waals surface area contributed by atoms with E-state index in [9.17, 15) is 4.79 Å². The van der Waals surface area contributed by atoms with Gasteiger partial charge in [-0.25, -0.2) is 0 Å². The maximum absolute atomic E-state index is 12.2. The van der Waals surface area contributed by atoms with Crippen molar-refractivity contribution in [3.8, 4) is 0 Å². The molecule has 0 spiro atoms. The number of nitrogens with zero attached hydrogens (tertiary/aromatic N) is 1. The SMILES string of the molecule is CCOC(=O)C(C)(C)[C@@H]1CCN([C@@H](C)c2ccccc2)C1. The number of hydrogen-bond donors (Lipinski definition) is 0. The highest BCUT2D eigenvalue weighted by Gasteiger charge is 2.42. The van der Waals surface area contributed by atoms with Gasteiger partial charge in [-0.1, -0.05) is 30.3 Å². The fourth-order valence-corrected chi connectivity index (χ4v) is 3.15. The van der Waals surface area contributed by atoms with Gasteiger partial charge in [0.1, 0.15) is 0 Å². The molecule has 3 nitrogen and oxygen atoms in total. The van der Waals surface area contributed by atoms with Gasteiger partial charge in [-0.15, -0.1) is 0 Å². The fraction of sp³-hybridized carbons (Fsp3) is 0.611. The molecule has 1 fully saturated rings. The van der Waals surface area contributed by atoms with E-state index in [0.29, 0.717) is 18.6 Å². The first-order chi connectivity index (χ1) is 9.96. The van der Waals surface area contributed by atoms with Gasteiger partial charge < -0.3 is 4.74 Å². The summed E-state index contributed by atoms with van der Waals surface area (Å²) in [6.07, 6.45) is 1.06. The van der Waals surface area contributed by atoms with Gasteiger partial charge in [0.15, 0.2) is 0 Å². The quantitative estimate of drug-likeness (QED) is 0.775. The second-order valence-corrected chi connectivity index (χ2v) is 6.51. The molecule has 1 aliphatic heterocycles. The fourth-order valence-electron chi connectivity index (χ4n) is 3.15. The Balaban J connectivity index is 2.02. The van der Waals surface area contributed by atoms with Crippen LogP contribution in [0, 0.1) is 11.3 Å². The van der Waals surface area contributed by atoms with Crippen LogP contribution in [0.2, 0.25) is 0 Å². The molecule has 0 aliphatic carbocycles. The number of esters is 1. The molecular weight excluding hydrogens is 262 g/mol. The number of ether oxygens (including phenoxy) is 1. The van der Waals surface area contributed by atoms with E-state index in [0.717, 1.165) is 19.5 Å². The van der Waals surface area contributed by atoms with Crippen LogP contribution in [-0.4, -0.2) is 30.6 Å². The van der Waals surface area contributed by atoms with Crippen molar-refractivity contribution in [3.63, 3.8) is 0 Å². The minimum atomic E-state index is -0.402. The standard InChI is InChI=1S/C18H27NO2/c1-5-21-17(20)18(3,4)16-11-12-19(13-16)14(2)15-9-7-6-8-10-15/h6-10,14,16H,5,11-13H2,1-4H3/t14-,16+/m0/s1. The zero-order valence-electron chi connectivity index (χ0n) is 13.6. The van der Waals surface area contributed by atoms with Crippen LogP contribution in [0.1, 0.15) is 45.7 Å². The molecule has 21 heavy (non-hydrogen) atoms. The van der Waals surface area contributed by atoms with E-state index in [1.54, 1.807) is 0 Å². The zero-order chi connectivity index (χ0) is 15.5. The Morgan fingerprint density at radius 2 is 2.05 bits per heavy atom. The van der Waals surface area contributed by atoms with Crippen molar-refractivity contribution >= 4 is 5.97 Å². The van der Waals surface area contributed by atoms with E-state index < -0.39 is 5.41 Å². The molecule has 116 valence electrons. The summed E-state index contributed by atoms with van der Waals surface area (Å²) >= 11 is 0. The number of benzene rings is 1. The van der Waals surface area contributed by atoms with Gasteiger partial charge in [0.2, 0.25) is 0 Å². The van der Waals surface area contributed by atoms with Crippen LogP contribution in [0.3, 0.4) is 0 Å². The smallest absolute Gasteiger partial charge is 0.311 e. The third kappa shape index (κ3) is 3.46. The lowest BCUT2D eigenvalue weighted by Crippen LogP contribution is -2.36. The maximum Gasteiger partial charge on any atom is 0.311 e. The van der Waals surface area contributed by atoms with Crippen LogP contribution in [0.4, 0.5) is 0 Å². The second-order valence-electron chi connectivity index (χ2n) is 6.51. The molecule has 0 bridgehead atoms. The monoisotopic (exact) mass is 289 g/mol. The van der Waals surface area contributed by atoms with E-state index in [4.69, 9.17) is 4.74 Å². The third-order valence-electron chi connectivity index (χ3n) is 4.87. The molecule has 0 unspecified atom stereocenters. The summed E-state index contributed by atoms with van der Waals surface area (Å²) in [7, 11) is 0. The Morgan fingerprint density at radius 1 is 1.38 bits per heavy atom. The van der Waals surface area contributed by atoms with Gasteiger partial charge >= 0.3 is 5.97 Å². The Morgan fingerprint density at radius 3 is 2.67 bits per heavy atom. The lowest BCUT2D eigenvalue weighted by Gasteiger charge is -2.30. The molecule has 0 N–H and O–H groups in total. The lowest BCUT2D eigenvalue weighted by molar-refractivity contribution is -0.156. The summed E-state index contributed by atoms with van der Waals surface area (Å²) in [6.45, 7) is 10.6. The van der Waals surface area contributed by atoms with Crippen molar-refractivity contribution in [3.05, 3.63) is 35.9 Å². The Kier molecular flexibility index (Phi) is 5.04. The highest BCUT2D eigenvalue weighted by molar-refractivity contribution is 5.76. The van der Waals surface area contributed by atoms with Crippen LogP contribution in [0.5, 0.6) is 0 Å². The summed E-state index contributed by atoms with van der Waals surface area (Å²) in [5.41, 5.74) is 0.938. The van der Waals surface area contributed by atoms with E-state index in [2.05, 4.69) is 36.1 Å². The first kappa shape index (κ1) is 16.0. The van der Waals surface area contributed by atoms with Crippen LogP contribution in [-0.2, 0) is 9.53 Å². The molecule has 3 heteroatoms. The number of likely N-dealkylation sites (tertiary alicyclic amines) is 1. The summed E-state index contributed by atoms with van der Waals surface area (Å²) < 4.78 is 5.24. The zero-order valence-corrected chi connectivity index (χ0v) is 13.6. The molecule has 1 heterocycles. The van der Waals surface area contributed by atoms with Gasteiger partial charge in [0.05, 0.1) is 12.0 Å². The van der Waals surface area contributed by atoms with Crippen molar-refractivity contribution in [2.24, 2.45) is 11.3 Å². The summed E-state index contributed by atoms with van der Waals surface area (Å²) in [5.74, 6) is 0.298. The molecular formula is C18H27NO2. The van der Waals surface area contributed by atoms with E-state index in [-0.39, 0.29) is 5.97 Å². The van der Waals surface area contributed by atoms with Gasteiger partial charge in [0, 0.05) is 12.6 Å². The van der Waals surface area contributed by atoms with Crippen molar-refractivity contribution in [1.29, 1.82) is 0 Å². The van der Waals surface area contributed by atoms with E-state index in [1.165, 1.54) is 5.56 Å². The van der Waals surface area contributed by atoms with E-state index >= 15 is 0 Å². The maximum atomic E-state index is 12.2. The Labute approximate surface area is 128 Å². The van der Waals surface area contributed by atoms with Crippen LogP contribution >= 0.6 is 0 Å². The van der Waals surface area contributed by atoms with Crippen molar-refractivity contribution in [2.45, 2.75) is 40.2 Å². The highest BCUT2D eigenvalue weighted by atomic mass is 16.5. The predicted octanol–water partition coefficient (Wildman–Crippen LogP) is 3.66. The van der Waals surface area contributed by atoms with E-state index in [1.807, 2.05) is 26.8 Å². The van der Waals surface area contributed by atoms with Crippen LogP contribution in [0.15, 0.2) is 30.3 Å². The first-order valence-electron chi connectivity index (χ1n) is 7.93. The molecule has 0 radical (unpaired) electrons. The average molecular weight is 289 g/mol. The second kappa shape index (κ2) is 6.61. The van der Waals surface area contributed by atoms with Gasteiger partial charge in [-0.2, -0.15) is 0 Å². The number of hydrogen-bond acceptors (Lipinski definition) is 3. The number of carbonyl (C=O) groups is 1. The Bertz CT molecular complexity index is 469. The van der Waals surface area contributed by atoms with Crippen molar-refractivity contribution < 1.29 is 9.53 Å². The molecule has 1 aromatic rings. The minimum absolute atomic E-state index is 0.0655. The van der Waals surface area contributed by atoms with Crippen LogP contribution in [0.25, 0.3) is 0 Å². The van der Waals surface area contributed by atoms with Crippen molar-refractivity contribution in [1.82, 2.24) is 4.90 Å². The van der Waals surface area contributed by atoms with Gasteiger partial charge in [0.25, 0.3) is 0 Å². The highest BCUT2D eigenvalue weighted by Crippen LogP contribution is 2.38. The van der Waals surface area contributed by atoms with Gasteiger partial charge in [-0.05, 0) is 52.1 Å². The lowest BCUT2D eigenvalue weighted by atomic mass is 9.78. The first-order valence-corrected chi connectivity index (χ1v) is 7.93. The summed E-state index contributed by atoms with van der Waals surface area (Å²) in [5, 5.41) is 0. The van der Waals surface area contributed by atoms with Crippen molar-refractivity contribution in [2.75, 3.05) is 19.7 Å². The predicted molar refractivity (Wildman–Crippen MR) is 85.0 cm³/mol. The normalized spacial score (nSPS) is 21.2. The molecule has 2 rings (SSSR count). The third-order valence-corrected chi connectivity index (χ3v) is 4.87. The van der Waals surface area contributed by atoms with Crippen LogP contribution < -0.4 is 0 Å². The molecule has 0 saturated carbocycles. The Hall–Kier alpha value is -1.35. The summed E-state index contributed by atoms with van der Waals surface area (Å²) in [6, 6.07) is 11.0. The molecule has 0 aromatic heterocycles. The summed E-state index contributed by atoms with van der Waals surface area (Å²) in [4.78, 5) is 14.6. The molecule has 2 atom stereocenters. The minimum Gasteiger partial charge on any atom is -0.466 e.